The standard InChI is InChI=1S/C17H28N2S/c1-17(2)9-3-5-13(16(17)18)11-19(14-7-8-14)12-15-6-4-10-20-15/h4,6,10,13-14,16H,3,5,7-9,11-12,18H2,1-2H3. The second kappa shape index (κ2) is 5.78. The van der Waals surface area contributed by atoms with Gasteiger partial charge in [0.05, 0.1) is 0 Å². The lowest BCUT2D eigenvalue weighted by Gasteiger charge is -2.43. The van der Waals surface area contributed by atoms with Crippen LogP contribution in [-0.4, -0.2) is 23.5 Å². The molecule has 1 heterocycles. The first-order valence-electron chi connectivity index (χ1n) is 8.08. The second-order valence-corrected chi connectivity index (χ2v) is 8.44. The van der Waals surface area contributed by atoms with E-state index in [1.807, 2.05) is 11.3 Å². The van der Waals surface area contributed by atoms with E-state index in [2.05, 4.69) is 36.3 Å². The van der Waals surface area contributed by atoms with Gasteiger partial charge in [0, 0.05) is 30.1 Å². The van der Waals surface area contributed by atoms with Crippen LogP contribution in [0.15, 0.2) is 17.5 Å². The first kappa shape index (κ1) is 14.6. The molecule has 2 fully saturated rings. The summed E-state index contributed by atoms with van der Waals surface area (Å²) >= 11 is 1.89. The summed E-state index contributed by atoms with van der Waals surface area (Å²) in [6.45, 7) is 7.04. The molecule has 2 unspecified atom stereocenters. The van der Waals surface area contributed by atoms with Crippen LogP contribution in [0.25, 0.3) is 0 Å². The molecule has 2 N–H and O–H groups in total. The summed E-state index contributed by atoms with van der Waals surface area (Å²) in [5, 5.41) is 2.19. The van der Waals surface area contributed by atoms with Gasteiger partial charge in [-0.25, -0.2) is 0 Å². The van der Waals surface area contributed by atoms with Gasteiger partial charge in [0.25, 0.3) is 0 Å². The van der Waals surface area contributed by atoms with Crippen LogP contribution in [0.4, 0.5) is 0 Å². The van der Waals surface area contributed by atoms with Crippen molar-refractivity contribution in [3.63, 3.8) is 0 Å². The Labute approximate surface area is 127 Å². The first-order chi connectivity index (χ1) is 9.56. The lowest BCUT2D eigenvalue weighted by Crippen LogP contribution is -2.50. The maximum atomic E-state index is 6.57. The molecule has 1 aromatic heterocycles. The fourth-order valence-corrected chi connectivity index (χ4v) is 4.42. The van der Waals surface area contributed by atoms with Gasteiger partial charge in [-0.15, -0.1) is 11.3 Å². The topological polar surface area (TPSA) is 29.3 Å². The van der Waals surface area contributed by atoms with Gasteiger partial charge < -0.3 is 5.73 Å². The summed E-state index contributed by atoms with van der Waals surface area (Å²) in [6, 6.07) is 5.63. The molecule has 2 saturated carbocycles. The lowest BCUT2D eigenvalue weighted by molar-refractivity contribution is 0.0965. The molecule has 20 heavy (non-hydrogen) atoms. The fraction of sp³-hybridized carbons (Fsp3) is 0.765. The minimum Gasteiger partial charge on any atom is -0.327 e. The molecule has 0 bridgehead atoms. The Bertz CT molecular complexity index is 422. The van der Waals surface area contributed by atoms with E-state index in [0.717, 1.165) is 12.6 Å². The monoisotopic (exact) mass is 292 g/mol. The van der Waals surface area contributed by atoms with E-state index >= 15 is 0 Å². The summed E-state index contributed by atoms with van der Waals surface area (Å²) in [4.78, 5) is 4.21. The smallest absolute Gasteiger partial charge is 0.0330 e. The molecule has 3 rings (SSSR count). The number of thiophene rings is 1. The average molecular weight is 292 g/mol. The van der Waals surface area contributed by atoms with Gasteiger partial charge in [0.2, 0.25) is 0 Å². The summed E-state index contributed by atoms with van der Waals surface area (Å²) in [5.41, 5.74) is 6.90. The Morgan fingerprint density at radius 2 is 2.15 bits per heavy atom. The molecule has 2 aliphatic carbocycles. The van der Waals surface area contributed by atoms with Gasteiger partial charge in [-0.05, 0) is 48.5 Å². The molecular formula is C17H28N2S. The highest BCUT2D eigenvalue weighted by atomic mass is 32.1. The highest BCUT2D eigenvalue weighted by Gasteiger charge is 2.39. The second-order valence-electron chi connectivity index (χ2n) is 7.41. The molecule has 0 saturated heterocycles. The maximum absolute atomic E-state index is 6.57. The fourth-order valence-electron chi connectivity index (χ4n) is 3.70. The molecule has 1 aromatic rings. The summed E-state index contributed by atoms with van der Waals surface area (Å²) in [7, 11) is 0. The van der Waals surface area contributed by atoms with Crippen LogP contribution in [0, 0.1) is 11.3 Å². The van der Waals surface area contributed by atoms with Gasteiger partial charge >= 0.3 is 0 Å². The van der Waals surface area contributed by atoms with Crippen molar-refractivity contribution in [3.05, 3.63) is 22.4 Å². The quantitative estimate of drug-likeness (QED) is 0.892. The highest BCUT2D eigenvalue weighted by molar-refractivity contribution is 7.09. The van der Waals surface area contributed by atoms with Crippen LogP contribution >= 0.6 is 11.3 Å². The van der Waals surface area contributed by atoms with Crippen molar-refractivity contribution in [2.75, 3.05) is 6.54 Å². The Hall–Kier alpha value is -0.380. The average Bonchev–Trinajstić information content (AvgIpc) is 3.13. The third-order valence-electron chi connectivity index (χ3n) is 5.28. The van der Waals surface area contributed by atoms with Gasteiger partial charge in [-0.3, -0.25) is 4.90 Å². The molecule has 2 atom stereocenters. The van der Waals surface area contributed by atoms with Gasteiger partial charge in [0.1, 0.15) is 0 Å². The SMILES string of the molecule is CC1(C)CCCC(CN(Cc2cccs2)C2CC2)C1N. The molecule has 0 radical (unpaired) electrons. The number of hydrogen-bond donors (Lipinski definition) is 1. The van der Waals surface area contributed by atoms with Crippen LogP contribution in [0.3, 0.4) is 0 Å². The van der Waals surface area contributed by atoms with E-state index in [-0.39, 0.29) is 0 Å². The highest BCUT2D eigenvalue weighted by Crippen LogP contribution is 2.39. The van der Waals surface area contributed by atoms with E-state index in [9.17, 15) is 0 Å². The molecule has 2 nitrogen and oxygen atoms in total. The summed E-state index contributed by atoms with van der Waals surface area (Å²) in [5.74, 6) is 0.680. The van der Waals surface area contributed by atoms with Crippen LogP contribution in [-0.2, 0) is 6.54 Å². The van der Waals surface area contributed by atoms with Gasteiger partial charge in [0.15, 0.2) is 0 Å². The summed E-state index contributed by atoms with van der Waals surface area (Å²) in [6.07, 6.45) is 6.73. The third kappa shape index (κ3) is 3.26. The third-order valence-corrected chi connectivity index (χ3v) is 6.14. The number of rotatable bonds is 5. The Morgan fingerprint density at radius 1 is 1.35 bits per heavy atom. The lowest BCUT2D eigenvalue weighted by atomic mass is 9.68. The first-order valence-corrected chi connectivity index (χ1v) is 8.96. The predicted molar refractivity (Wildman–Crippen MR) is 86.8 cm³/mol. The van der Waals surface area contributed by atoms with Crippen molar-refractivity contribution in [1.29, 1.82) is 0 Å². The number of nitrogens with two attached hydrogens (primary N) is 1. The van der Waals surface area contributed by atoms with Crippen molar-refractivity contribution in [3.8, 4) is 0 Å². The normalized spacial score (nSPS) is 29.8. The molecular weight excluding hydrogens is 264 g/mol. The number of nitrogens with zero attached hydrogens (tertiary/aromatic N) is 1. The van der Waals surface area contributed by atoms with E-state index in [1.54, 1.807) is 0 Å². The van der Waals surface area contributed by atoms with Crippen molar-refractivity contribution >= 4 is 11.3 Å². The van der Waals surface area contributed by atoms with Crippen LogP contribution in [0.2, 0.25) is 0 Å². The Kier molecular flexibility index (Phi) is 4.21. The van der Waals surface area contributed by atoms with Crippen molar-refractivity contribution in [2.45, 2.75) is 64.6 Å². The van der Waals surface area contributed by atoms with E-state index in [1.165, 1.54) is 43.5 Å². The molecule has 2 aliphatic rings. The largest absolute Gasteiger partial charge is 0.327 e. The zero-order valence-corrected chi connectivity index (χ0v) is 13.7. The zero-order chi connectivity index (χ0) is 14.2. The van der Waals surface area contributed by atoms with Crippen LogP contribution in [0.1, 0.15) is 50.8 Å². The maximum Gasteiger partial charge on any atom is 0.0330 e. The van der Waals surface area contributed by atoms with Crippen LogP contribution in [0.5, 0.6) is 0 Å². The Balaban J connectivity index is 1.64. The molecule has 0 aromatic carbocycles. The Morgan fingerprint density at radius 3 is 2.80 bits per heavy atom. The molecule has 0 aliphatic heterocycles. The van der Waals surface area contributed by atoms with Crippen molar-refractivity contribution in [2.24, 2.45) is 17.1 Å². The molecule has 112 valence electrons. The molecule has 0 amide bonds. The van der Waals surface area contributed by atoms with E-state index in [4.69, 9.17) is 5.73 Å². The number of hydrogen-bond acceptors (Lipinski definition) is 3. The minimum absolute atomic E-state index is 0.321. The minimum atomic E-state index is 0.321. The van der Waals surface area contributed by atoms with E-state index in [0.29, 0.717) is 17.4 Å². The van der Waals surface area contributed by atoms with Gasteiger partial charge in [-0.2, -0.15) is 0 Å². The van der Waals surface area contributed by atoms with Crippen molar-refractivity contribution < 1.29 is 0 Å². The van der Waals surface area contributed by atoms with Gasteiger partial charge in [-0.1, -0.05) is 26.3 Å². The molecule has 0 spiro atoms. The van der Waals surface area contributed by atoms with Crippen LogP contribution < -0.4 is 5.73 Å². The zero-order valence-electron chi connectivity index (χ0n) is 12.8. The van der Waals surface area contributed by atoms with E-state index < -0.39 is 0 Å². The summed E-state index contributed by atoms with van der Waals surface area (Å²) < 4.78 is 0. The predicted octanol–water partition coefficient (Wildman–Crippen LogP) is 3.87. The molecule has 3 heteroatoms. The van der Waals surface area contributed by atoms with Crippen molar-refractivity contribution in [1.82, 2.24) is 4.90 Å².